The zero-order valence-corrected chi connectivity index (χ0v) is 22.1. The number of hydrogen-bond donors (Lipinski definition) is 0. The Morgan fingerprint density at radius 2 is 0.917 bits per heavy atom. The summed E-state index contributed by atoms with van der Waals surface area (Å²) in [6.07, 6.45) is 20.5. The van der Waals surface area contributed by atoms with Gasteiger partial charge in [-0.15, -0.1) is 0 Å². The van der Waals surface area contributed by atoms with Gasteiger partial charge in [-0.25, -0.2) is 0 Å². The molecule has 0 heteroatoms. The molecular weight excluding hydrogens is 432 g/mol. The van der Waals surface area contributed by atoms with Crippen LogP contribution in [0.2, 0.25) is 0 Å². The minimum absolute atomic E-state index is 0.648. The van der Waals surface area contributed by atoms with E-state index in [0.717, 1.165) is 0 Å². The van der Waals surface area contributed by atoms with E-state index < -0.39 is 0 Å². The van der Waals surface area contributed by atoms with Crippen molar-refractivity contribution in [3.8, 4) is 22.3 Å². The van der Waals surface area contributed by atoms with Crippen LogP contribution in [0.4, 0.5) is 0 Å². The van der Waals surface area contributed by atoms with Crippen molar-refractivity contribution in [2.45, 2.75) is 114 Å². The quantitative estimate of drug-likeness (QED) is 0.344. The van der Waals surface area contributed by atoms with Crippen LogP contribution in [0, 0.1) is 6.07 Å². The highest BCUT2D eigenvalue weighted by molar-refractivity contribution is 5.89. The lowest BCUT2D eigenvalue weighted by Gasteiger charge is -2.30. The topological polar surface area (TPSA) is 0 Å². The molecule has 3 aliphatic carbocycles. The third-order valence-corrected chi connectivity index (χ3v) is 9.61. The minimum Gasteiger partial charge on any atom is -0.0619 e. The lowest BCUT2D eigenvalue weighted by molar-refractivity contribution is 0.441. The summed E-state index contributed by atoms with van der Waals surface area (Å²) in [5.41, 5.74) is 10.7. The summed E-state index contributed by atoms with van der Waals surface area (Å²) in [4.78, 5) is 0. The number of rotatable bonds is 5. The van der Waals surface area contributed by atoms with Crippen LogP contribution >= 0.6 is 0 Å². The molecule has 1 radical (unpaired) electrons. The highest BCUT2D eigenvalue weighted by Gasteiger charge is 2.27. The van der Waals surface area contributed by atoms with E-state index in [1.165, 1.54) is 124 Å². The second-order valence-electron chi connectivity index (χ2n) is 11.9. The molecule has 3 aliphatic rings. The van der Waals surface area contributed by atoms with E-state index >= 15 is 0 Å². The van der Waals surface area contributed by atoms with Crippen molar-refractivity contribution in [1.82, 2.24) is 0 Å². The predicted molar refractivity (Wildman–Crippen MR) is 154 cm³/mol. The van der Waals surface area contributed by atoms with Gasteiger partial charge in [-0.2, -0.15) is 0 Å². The maximum Gasteiger partial charge on any atom is -0.00613 e. The van der Waals surface area contributed by atoms with Gasteiger partial charge in [0.25, 0.3) is 0 Å². The van der Waals surface area contributed by atoms with E-state index in [1.807, 2.05) is 0 Å². The van der Waals surface area contributed by atoms with Crippen LogP contribution in [0.25, 0.3) is 22.3 Å². The van der Waals surface area contributed by atoms with E-state index in [4.69, 9.17) is 0 Å². The molecule has 0 unspecified atom stereocenters. The smallest absolute Gasteiger partial charge is 0.00613 e. The third-order valence-electron chi connectivity index (χ3n) is 9.61. The summed E-state index contributed by atoms with van der Waals surface area (Å²) in [5.74, 6) is 2.06. The van der Waals surface area contributed by atoms with Gasteiger partial charge in [-0.1, -0.05) is 118 Å². The molecule has 0 aliphatic heterocycles. The van der Waals surface area contributed by atoms with Crippen molar-refractivity contribution in [2.24, 2.45) is 0 Å². The SMILES string of the molecule is [c]1ccc(-c2ccccc2C2CCCCC2)c(-c2ccccc2C2CCCCC2)c1C1CCCCC1. The van der Waals surface area contributed by atoms with Crippen molar-refractivity contribution in [3.05, 3.63) is 83.4 Å². The van der Waals surface area contributed by atoms with Gasteiger partial charge in [0, 0.05) is 0 Å². The molecule has 3 aromatic carbocycles. The number of benzene rings is 3. The molecule has 0 atom stereocenters. The molecule has 187 valence electrons. The second kappa shape index (κ2) is 11.4. The molecule has 0 bridgehead atoms. The van der Waals surface area contributed by atoms with Gasteiger partial charge >= 0.3 is 0 Å². The summed E-state index contributed by atoms with van der Waals surface area (Å²) < 4.78 is 0. The normalized spacial score (nSPS) is 20.4. The van der Waals surface area contributed by atoms with E-state index in [9.17, 15) is 0 Å². The zero-order chi connectivity index (χ0) is 24.2. The number of hydrogen-bond acceptors (Lipinski definition) is 0. The summed E-state index contributed by atoms with van der Waals surface area (Å²) in [7, 11) is 0. The average Bonchev–Trinajstić information content (AvgIpc) is 2.98. The van der Waals surface area contributed by atoms with Crippen LogP contribution in [-0.4, -0.2) is 0 Å². The molecule has 3 aromatic rings. The first-order chi connectivity index (χ1) is 17.9. The standard InChI is InChI=1S/C36H43/c1-4-15-27(16-5-1)30-21-10-12-23-33(30)35-26-14-25-32(29-19-8-3-9-20-29)36(35)34-24-13-11-22-31(34)28-17-6-2-7-18-28/h10-14,21-24,26-29H,1-9,15-20H2. The van der Waals surface area contributed by atoms with Gasteiger partial charge in [0.2, 0.25) is 0 Å². The van der Waals surface area contributed by atoms with Crippen molar-refractivity contribution in [3.63, 3.8) is 0 Å². The van der Waals surface area contributed by atoms with Crippen LogP contribution < -0.4 is 0 Å². The van der Waals surface area contributed by atoms with Crippen molar-refractivity contribution in [2.75, 3.05) is 0 Å². The van der Waals surface area contributed by atoms with Gasteiger partial charge in [-0.3, -0.25) is 0 Å². The first-order valence-corrected chi connectivity index (χ1v) is 15.1. The predicted octanol–water partition coefficient (Wildman–Crippen LogP) is 11.0. The lowest BCUT2D eigenvalue weighted by atomic mass is 9.74. The largest absolute Gasteiger partial charge is 0.0619 e. The minimum atomic E-state index is 0.648. The molecule has 6 rings (SSSR count). The van der Waals surface area contributed by atoms with Crippen LogP contribution in [0.3, 0.4) is 0 Å². The highest BCUT2D eigenvalue weighted by atomic mass is 14.3. The van der Waals surface area contributed by atoms with E-state index in [2.05, 4.69) is 66.7 Å². The van der Waals surface area contributed by atoms with E-state index in [0.29, 0.717) is 17.8 Å². The first kappa shape index (κ1) is 24.0. The van der Waals surface area contributed by atoms with Gasteiger partial charge in [0.1, 0.15) is 0 Å². The Balaban J connectivity index is 1.54. The monoisotopic (exact) mass is 475 g/mol. The van der Waals surface area contributed by atoms with E-state index in [1.54, 1.807) is 11.1 Å². The molecule has 0 aromatic heterocycles. The van der Waals surface area contributed by atoms with Crippen LogP contribution in [-0.2, 0) is 0 Å². The fourth-order valence-corrected chi connectivity index (χ4v) is 7.75. The lowest BCUT2D eigenvalue weighted by Crippen LogP contribution is -2.11. The van der Waals surface area contributed by atoms with Crippen molar-refractivity contribution >= 4 is 0 Å². The molecule has 0 nitrogen and oxygen atoms in total. The van der Waals surface area contributed by atoms with Crippen molar-refractivity contribution in [1.29, 1.82) is 0 Å². The highest BCUT2D eigenvalue weighted by Crippen LogP contribution is 2.48. The van der Waals surface area contributed by atoms with Crippen LogP contribution in [0.5, 0.6) is 0 Å². The summed E-state index contributed by atoms with van der Waals surface area (Å²) in [6.45, 7) is 0. The molecule has 3 fully saturated rings. The molecule has 3 saturated carbocycles. The molecular formula is C36H43. The Morgan fingerprint density at radius 1 is 0.444 bits per heavy atom. The average molecular weight is 476 g/mol. The Morgan fingerprint density at radius 3 is 1.50 bits per heavy atom. The Hall–Kier alpha value is -2.34. The molecule has 0 amide bonds. The third kappa shape index (κ3) is 4.93. The summed E-state index contributed by atoms with van der Waals surface area (Å²) in [6, 6.07) is 27.4. The molecule has 0 N–H and O–H groups in total. The Labute approximate surface area is 219 Å². The maximum absolute atomic E-state index is 3.84. The Bertz CT molecular complexity index is 1140. The maximum atomic E-state index is 3.84. The van der Waals surface area contributed by atoms with Crippen LogP contribution in [0.1, 0.15) is 131 Å². The fourth-order valence-electron chi connectivity index (χ4n) is 7.75. The summed E-state index contributed by atoms with van der Waals surface area (Å²) >= 11 is 0. The fraction of sp³-hybridized carbons (Fsp3) is 0.500. The Kier molecular flexibility index (Phi) is 7.59. The van der Waals surface area contributed by atoms with Crippen LogP contribution in [0.15, 0.2) is 60.7 Å². The van der Waals surface area contributed by atoms with Gasteiger partial charge in [-0.05, 0) is 101 Å². The molecule has 0 spiro atoms. The second-order valence-corrected chi connectivity index (χ2v) is 11.9. The summed E-state index contributed by atoms with van der Waals surface area (Å²) in [5, 5.41) is 0. The van der Waals surface area contributed by atoms with Gasteiger partial charge < -0.3 is 0 Å². The molecule has 0 saturated heterocycles. The zero-order valence-electron chi connectivity index (χ0n) is 22.1. The van der Waals surface area contributed by atoms with Gasteiger partial charge in [0.05, 0.1) is 0 Å². The molecule has 0 heterocycles. The van der Waals surface area contributed by atoms with Crippen molar-refractivity contribution < 1.29 is 0 Å². The molecule has 36 heavy (non-hydrogen) atoms. The van der Waals surface area contributed by atoms with Gasteiger partial charge in [0.15, 0.2) is 0 Å². The van der Waals surface area contributed by atoms with E-state index in [-0.39, 0.29) is 0 Å². The first-order valence-electron chi connectivity index (χ1n) is 15.1.